The number of anilines is 1. The van der Waals surface area contributed by atoms with E-state index in [1.165, 1.54) is 0 Å². The molecule has 0 atom stereocenters. The van der Waals surface area contributed by atoms with Gasteiger partial charge in [0.1, 0.15) is 12.4 Å². The Bertz CT molecular complexity index is 633. The van der Waals surface area contributed by atoms with Crippen molar-refractivity contribution in [3.63, 3.8) is 0 Å². The zero-order valence-electron chi connectivity index (χ0n) is 14.2. The van der Waals surface area contributed by atoms with E-state index in [0.29, 0.717) is 18.8 Å². The third-order valence-corrected chi connectivity index (χ3v) is 3.48. The molecule has 0 unspecified atom stereocenters. The molecule has 1 amide bonds. The predicted molar refractivity (Wildman–Crippen MR) is 101 cm³/mol. The average molecular weight is 349 g/mol. The van der Waals surface area contributed by atoms with Crippen LogP contribution in [-0.4, -0.2) is 19.5 Å². The Kier molecular flexibility index (Phi) is 8.90. The highest BCUT2D eigenvalue weighted by atomic mass is 35.5. The van der Waals surface area contributed by atoms with Gasteiger partial charge in [-0.05, 0) is 50.2 Å². The van der Waals surface area contributed by atoms with Crippen molar-refractivity contribution in [2.24, 2.45) is 0 Å². The smallest absolute Gasteiger partial charge is 0.224 e. The molecule has 0 saturated heterocycles. The van der Waals surface area contributed by atoms with Crippen LogP contribution in [-0.2, 0) is 11.4 Å². The first kappa shape index (κ1) is 20.0. The number of rotatable bonds is 8. The van der Waals surface area contributed by atoms with Gasteiger partial charge in [0.25, 0.3) is 0 Å². The normalized spacial score (nSPS) is 9.92. The number of ether oxygens (including phenoxy) is 1. The Hall–Kier alpha value is -2.04. The molecule has 0 heterocycles. The summed E-state index contributed by atoms with van der Waals surface area (Å²) in [6.45, 7) is 3.32. The highest BCUT2D eigenvalue weighted by molar-refractivity contribution is 5.92. The summed E-state index contributed by atoms with van der Waals surface area (Å²) in [5.74, 6) is 0.712. The number of amides is 1. The molecule has 0 aliphatic heterocycles. The summed E-state index contributed by atoms with van der Waals surface area (Å²) in [7, 11) is 1.88. The molecule has 2 aromatic carbocycles. The standard InChI is InChI=1S/C19H24N2O2.ClH/c1-15-10-11-17(21-19(22)9-6-12-20-2)18(13-15)23-14-16-7-4-3-5-8-16;/h3-5,7-8,10-11,13,20H,6,9,12,14H2,1-2H3,(H,21,22);1H. The topological polar surface area (TPSA) is 50.4 Å². The second-order valence-corrected chi connectivity index (χ2v) is 5.53. The number of carbonyl (C=O) groups is 1. The monoisotopic (exact) mass is 348 g/mol. The lowest BCUT2D eigenvalue weighted by Crippen LogP contribution is -2.15. The summed E-state index contributed by atoms with van der Waals surface area (Å²) in [6, 6.07) is 15.8. The van der Waals surface area contributed by atoms with Crippen LogP contribution in [0.4, 0.5) is 5.69 Å². The van der Waals surface area contributed by atoms with Crippen molar-refractivity contribution in [3.05, 3.63) is 59.7 Å². The van der Waals surface area contributed by atoms with E-state index < -0.39 is 0 Å². The summed E-state index contributed by atoms with van der Waals surface area (Å²) >= 11 is 0. The maximum Gasteiger partial charge on any atom is 0.224 e. The molecule has 24 heavy (non-hydrogen) atoms. The predicted octanol–water partition coefficient (Wildman–Crippen LogP) is 3.93. The van der Waals surface area contributed by atoms with Crippen molar-refractivity contribution in [2.75, 3.05) is 18.9 Å². The van der Waals surface area contributed by atoms with E-state index in [4.69, 9.17) is 4.74 Å². The number of hydrogen-bond donors (Lipinski definition) is 2. The molecule has 4 nitrogen and oxygen atoms in total. The van der Waals surface area contributed by atoms with Gasteiger partial charge in [-0.2, -0.15) is 0 Å². The Labute approximate surface area is 150 Å². The van der Waals surface area contributed by atoms with Crippen LogP contribution in [0.15, 0.2) is 48.5 Å². The van der Waals surface area contributed by atoms with E-state index in [2.05, 4.69) is 10.6 Å². The molecule has 130 valence electrons. The molecule has 0 aliphatic carbocycles. The number of hydrogen-bond acceptors (Lipinski definition) is 3. The number of nitrogens with one attached hydrogen (secondary N) is 2. The third kappa shape index (κ3) is 6.60. The summed E-state index contributed by atoms with van der Waals surface area (Å²) in [5.41, 5.74) is 2.92. The lowest BCUT2D eigenvalue weighted by molar-refractivity contribution is -0.116. The highest BCUT2D eigenvalue weighted by Gasteiger charge is 2.08. The van der Waals surface area contributed by atoms with E-state index >= 15 is 0 Å². The van der Waals surface area contributed by atoms with Crippen LogP contribution in [0, 0.1) is 6.92 Å². The molecule has 0 spiro atoms. The van der Waals surface area contributed by atoms with Crippen LogP contribution in [0.25, 0.3) is 0 Å². The van der Waals surface area contributed by atoms with Gasteiger partial charge in [-0.15, -0.1) is 12.4 Å². The minimum Gasteiger partial charge on any atom is -0.487 e. The van der Waals surface area contributed by atoms with E-state index in [1.54, 1.807) is 0 Å². The molecule has 2 N–H and O–H groups in total. The zero-order valence-corrected chi connectivity index (χ0v) is 15.0. The minimum atomic E-state index is 0. The number of carbonyl (C=O) groups excluding carboxylic acids is 1. The second-order valence-electron chi connectivity index (χ2n) is 5.53. The van der Waals surface area contributed by atoms with Gasteiger partial charge in [0.2, 0.25) is 5.91 Å². The maximum atomic E-state index is 12.0. The summed E-state index contributed by atoms with van der Waals surface area (Å²) < 4.78 is 5.90. The number of benzene rings is 2. The van der Waals surface area contributed by atoms with Crippen LogP contribution in [0.2, 0.25) is 0 Å². The molecular weight excluding hydrogens is 324 g/mol. The summed E-state index contributed by atoms with van der Waals surface area (Å²) in [5, 5.41) is 5.98. The van der Waals surface area contributed by atoms with Crippen molar-refractivity contribution in [2.45, 2.75) is 26.4 Å². The molecular formula is C19H25ClN2O2. The second kappa shape index (κ2) is 10.7. The Morgan fingerprint density at radius 3 is 2.58 bits per heavy atom. The van der Waals surface area contributed by atoms with E-state index in [1.807, 2.05) is 62.5 Å². The fourth-order valence-electron chi connectivity index (χ4n) is 2.23. The molecule has 0 fully saturated rings. The van der Waals surface area contributed by atoms with Gasteiger partial charge in [-0.25, -0.2) is 0 Å². The van der Waals surface area contributed by atoms with Crippen LogP contribution in [0.5, 0.6) is 5.75 Å². The fraction of sp³-hybridized carbons (Fsp3) is 0.316. The van der Waals surface area contributed by atoms with Crippen LogP contribution in [0.3, 0.4) is 0 Å². The molecule has 5 heteroatoms. The Balaban J connectivity index is 0.00000288. The van der Waals surface area contributed by atoms with Gasteiger partial charge in [0, 0.05) is 6.42 Å². The van der Waals surface area contributed by atoms with Crippen molar-refractivity contribution < 1.29 is 9.53 Å². The number of halogens is 1. The molecule has 2 rings (SSSR count). The molecule has 0 aliphatic rings. The van der Waals surface area contributed by atoms with Gasteiger partial charge >= 0.3 is 0 Å². The van der Waals surface area contributed by atoms with Crippen molar-refractivity contribution >= 4 is 24.0 Å². The first-order valence-corrected chi connectivity index (χ1v) is 7.91. The van der Waals surface area contributed by atoms with Gasteiger partial charge < -0.3 is 15.4 Å². The third-order valence-electron chi connectivity index (χ3n) is 3.48. The van der Waals surface area contributed by atoms with Gasteiger partial charge in [0.15, 0.2) is 0 Å². The molecule has 0 radical (unpaired) electrons. The fourth-order valence-corrected chi connectivity index (χ4v) is 2.23. The number of aryl methyl sites for hydroxylation is 1. The van der Waals surface area contributed by atoms with E-state index in [0.717, 1.165) is 29.8 Å². The lowest BCUT2D eigenvalue weighted by Gasteiger charge is -2.13. The van der Waals surface area contributed by atoms with Crippen molar-refractivity contribution in [1.82, 2.24) is 5.32 Å². The molecule has 0 saturated carbocycles. The summed E-state index contributed by atoms with van der Waals surface area (Å²) in [6.07, 6.45) is 1.31. The van der Waals surface area contributed by atoms with E-state index in [9.17, 15) is 4.79 Å². The van der Waals surface area contributed by atoms with Crippen LogP contribution >= 0.6 is 12.4 Å². The Morgan fingerprint density at radius 1 is 1.12 bits per heavy atom. The van der Waals surface area contributed by atoms with Crippen molar-refractivity contribution in [3.8, 4) is 5.75 Å². The van der Waals surface area contributed by atoms with Gasteiger partial charge in [-0.3, -0.25) is 4.79 Å². The van der Waals surface area contributed by atoms with Crippen LogP contribution in [0.1, 0.15) is 24.0 Å². The maximum absolute atomic E-state index is 12.0. The zero-order chi connectivity index (χ0) is 16.5. The Morgan fingerprint density at radius 2 is 1.88 bits per heavy atom. The first-order valence-electron chi connectivity index (χ1n) is 7.91. The van der Waals surface area contributed by atoms with Crippen LogP contribution < -0.4 is 15.4 Å². The average Bonchev–Trinajstić information content (AvgIpc) is 2.56. The van der Waals surface area contributed by atoms with Crippen molar-refractivity contribution in [1.29, 1.82) is 0 Å². The molecule has 0 aromatic heterocycles. The minimum absolute atomic E-state index is 0. The quantitative estimate of drug-likeness (QED) is 0.710. The summed E-state index contributed by atoms with van der Waals surface area (Å²) in [4.78, 5) is 12.0. The molecule has 2 aromatic rings. The van der Waals surface area contributed by atoms with Gasteiger partial charge in [0.05, 0.1) is 5.69 Å². The van der Waals surface area contributed by atoms with E-state index in [-0.39, 0.29) is 18.3 Å². The largest absolute Gasteiger partial charge is 0.487 e. The lowest BCUT2D eigenvalue weighted by atomic mass is 10.2. The van der Waals surface area contributed by atoms with Gasteiger partial charge in [-0.1, -0.05) is 36.4 Å². The highest BCUT2D eigenvalue weighted by Crippen LogP contribution is 2.27. The first-order chi connectivity index (χ1) is 11.2. The molecule has 0 bridgehead atoms. The SMILES string of the molecule is CNCCCC(=O)Nc1ccc(C)cc1OCc1ccccc1.Cl.